The Labute approximate surface area is 135 Å². The first-order chi connectivity index (χ1) is 10.9. The Morgan fingerprint density at radius 2 is 2.00 bits per heavy atom. The molecule has 1 fully saturated rings. The smallest absolute Gasteiger partial charge is 0.307 e. The number of nitrogens with zero attached hydrogens (tertiary/aromatic N) is 2. The second-order valence-electron chi connectivity index (χ2n) is 6.27. The molecule has 5 heteroatoms. The summed E-state index contributed by atoms with van der Waals surface area (Å²) in [5.74, 6) is 0.124. The van der Waals surface area contributed by atoms with Crippen molar-refractivity contribution in [2.45, 2.75) is 32.6 Å². The van der Waals surface area contributed by atoms with Crippen LogP contribution in [-0.4, -0.2) is 27.7 Å². The van der Waals surface area contributed by atoms with Gasteiger partial charge in [0.05, 0.1) is 24.4 Å². The summed E-state index contributed by atoms with van der Waals surface area (Å²) in [7, 11) is 0. The number of carboxylic acid groups (broad SMARTS) is 1. The Bertz CT molecular complexity index is 742. The number of carboxylic acids is 1. The number of ether oxygens (including phenoxy) is 1. The third-order valence-electron chi connectivity index (χ3n) is 4.54. The molecule has 1 saturated carbocycles. The lowest BCUT2D eigenvalue weighted by Gasteiger charge is -2.19. The molecule has 0 aliphatic heterocycles. The van der Waals surface area contributed by atoms with Crippen LogP contribution < -0.4 is 4.74 Å². The van der Waals surface area contributed by atoms with Crippen molar-refractivity contribution >= 4 is 5.97 Å². The van der Waals surface area contributed by atoms with Gasteiger partial charge in [-0.2, -0.15) is 0 Å². The van der Waals surface area contributed by atoms with Gasteiger partial charge in [-0.05, 0) is 32.8 Å². The van der Waals surface area contributed by atoms with Crippen LogP contribution in [0.5, 0.6) is 5.75 Å². The van der Waals surface area contributed by atoms with Crippen LogP contribution in [0.2, 0.25) is 0 Å². The summed E-state index contributed by atoms with van der Waals surface area (Å²) in [6.45, 7) is 6.03. The molecule has 120 valence electrons. The zero-order valence-electron chi connectivity index (χ0n) is 13.5. The molecular formula is C18H20N2O3. The lowest BCUT2D eigenvalue weighted by molar-refractivity contribution is -0.139. The van der Waals surface area contributed by atoms with Crippen molar-refractivity contribution in [2.24, 2.45) is 5.92 Å². The van der Waals surface area contributed by atoms with E-state index in [1.165, 1.54) is 0 Å². The second kappa shape index (κ2) is 5.65. The highest BCUT2D eigenvalue weighted by Gasteiger charge is 2.60. The molecule has 1 aliphatic carbocycles. The van der Waals surface area contributed by atoms with E-state index in [4.69, 9.17) is 4.74 Å². The molecule has 1 aromatic carbocycles. The van der Waals surface area contributed by atoms with Gasteiger partial charge in [-0.1, -0.05) is 29.8 Å². The molecule has 1 aromatic heterocycles. The number of aryl methyl sites for hydroxylation is 3. The highest BCUT2D eigenvalue weighted by Crippen LogP contribution is 2.54. The fourth-order valence-electron chi connectivity index (χ4n) is 3.00. The van der Waals surface area contributed by atoms with Crippen molar-refractivity contribution in [2.75, 3.05) is 6.61 Å². The Kier molecular flexibility index (Phi) is 3.80. The Balaban J connectivity index is 1.83. The van der Waals surface area contributed by atoms with Gasteiger partial charge in [0.25, 0.3) is 0 Å². The van der Waals surface area contributed by atoms with E-state index in [0.29, 0.717) is 24.6 Å². The summed E-state index contributed by atoms with van der Waals surface area (Å²) in [5.41, 5.74) is 2.47. The van der Waals surface area contributed by atoms with Crippen molar-refractivity contribution in [3.05, 3.63) is 53.1 Å². The number of aliphatic carboxylic acids is 1. The van der Waals surface area contributed by atoms with Gasteiger partial charge in [0.1, 0.15) is 5.82 Å². The summed E-state index contributed by atoms with van der Waals surface area (Å²) in [5, 5.41) is 9.41. The number of rotatable bonds is 5. The van der Waals surface area contributed by atoms with Crippen LogP contribution in [0.4, 0.5) is 0 Å². The van der Waals surface area contributed by atoms with Crippen LogP contribution in [0, 0.1) is 26.7 Å². The SMILES string of the molecule is Cc1ccc(C2(COc3cnc(C)nc3C)CC2C(=O)O)cc1. The molecule has 0 bridgehead atoms. The molecule has 3 rings (SSSR count). The first kappa shape index (κ1) is 15.5. The first-order valence-electron chi connectivity index (χ1n) is 7.65. The Morgan fingerprint density at radius 3 is 2.57 bits per heavy atom. The minimum Gasteiger partial charge on any atom is -0.489 e. The fourth-order valence-corrected chi connectivity index (χ4v) is 3.00. The maximum Gasteiger partial charge on any atom is 0.307 e. The predicted molar refractivity (Wildman–Crippen MR) is 85.6 cm³/mol. The van der Waals surface area contributed by atoms with E-state index in [1.54, 1.807) is 6.20 Å². The maximum absolute atomic E-state index is 11.5. The van der Waals surface area contributed by atoms with Crippen molar-refractivity contribution in [1.29, 1.82) is 0 Å². The largest absolute Gasteiger partial charge is 0.489 e. The first-order valence-corrected chi connectivity index (χ1v) is 7.65. The molecule has 2 unspecified atom stereocenters. The molecule has 0 radical (unpaired) electrons. The highest BCUT2D eigenvalue weighted by atomic mass is 16.5. The monoisotopic (exact) mass is 312 g/mol. The lowest BCUT2D eigenvalue weighted by atomic mass is 9.93. The van der Waals surface area contributed by atoms with E-state index in [2.05, 4.69) is 9.97 Å². The maximum atomic E-state index is 11.5. The van der Waals surface area contributed by atoms with E-state index in [9.17, 15) is 9.90 Å². The predicted octanol–water partition coefficient (Wildman–Crippen LogP) is 2.82. The molecule has 5 nitrogen and oxygen atoms in total. The van der Waals surface area contributed by atoms with Gasteiger partial charge in [-0.15, -0.1) is 0 Å². The average Bonchev–Trinajstić information content (AvgIpc) is 3.23. The topological polar surface area (TPSA) is 72.3 Å². The zero-order chi connectivity index (χ0) is 16.6. The Hall–Kier alpha value is -2.43. The van der Waals surface area contributed by atoms with Crippen molar-refractivity contribution in [3.8, 4) is 5.75 Å². The van der Waals surface area contributed by atoms with Crippen LogP contribution in [0.3, 0.4) is 0 Å². The quantitative estimate of drug-likeness (QED) is 0.919. The van der Waals surface area contributed by atoms with Gasteiger partial charge < -0.3 is 9.84 Å². The molecule has 0 saturated heterocycles. The molecule has 1 N–H and O–H groups in total. The third kappa shape index (κ3) is 2.91. The lowest BCUT2D eigenvalue weighted by Crippen LogP contribution is -2.23. The van der Waals surface area contributed by atoms with E-state index in [1.807, 2.05) is 45.0 Å². The van der Waals surface area contributed by atoms with Gasteiger partial charge in [0.2, 0.25) is 0 Å². The molecule has 0 spiro atoms. The number of hydrogen-bond donors (Lipinski definition) is 1. The molecule has 2 atom stereocenters. The highest BCUT2D eigenvalue weighted by molar-refractivity contribution is 5.77. The number of aromatic nitrogens is 2. The van der Waals surface area contributed by atoms with E-state index in [-0.39, 0.29) is 0 Å². The fraction of sp³-hybridized carbons (Fsp3) is 0.389. The van der Waals surface area contributed by atoms with E-state index >= 15 is 0 Å². The Morgan fingerprint density at radius 1 is 1.30 bits per heavy atom. The normalized spacial score (nSPS) is 22.7. The number of hydrogen-bond acceptors (Lipinski definition) is 4. The molecular weight excluding hydrogens is 292 g/mol. The van der Waals surface area contributed by atoms with Crippen molar-refractivity contribution < 1.29 is 14.6 Å². The third-order valence-corrected chi connectivity index (χ3v) is 4.54. The van der Waals surface area contributed by atoms with Crippen LogP contribution in [0.1, 0.15) is 29.1 Å². The molecule has 2 aromatic rings. The van der Waals surface area contributed by atoms with Crippen LogP contribution >= 0.6 is 0 Å². The van der Waals surface area contributed by atoms with Gasteiger partial charge in [0.15, 0.2) is 5.75 Å². The number of carbonyl (C=O) groups is 1. The molecule has 0 amide bonds. The summed E-state index contributed by atoms with van der Waals surface area (Å²) in [4.78, 5) is 19.9. The van der Waals surface area contributed by atoms with Crippen LogP contribution in [-0.2, 0) is 10.2 Å². The zero-order valence-corrected chi connectivity index (χ0v) is 13.5. The molecule has 1 heterocycles. The van der Waals surface area contributed by atoms with Crippen molar-refractivity contribution in [3.63, 3.8) is 0 Å². The number of benzene rings is 1. The minimum atomic E-state index is -0.772. The summed E-state index contributed by atoms with van der Waals surface area (Å²) >= 11 is 0. The summed E-state index contributed by atoms with van der Waals surface area (Å²) in [6, 6.07) is 8.02. The summed E-state index contributed by atoms with van der Waals surface area (Å²) in [6.07, 6.45) is 2.25. The average molecular weight is 312 g/mol. The van der Waals surface area contributed by atoms with Gasteiger partial charge >= 0.3 is 5.97 Å². The molecule has 1 aliphatic rings. The minimum absolute atomic E-state index is 0.320. The molecule has 23 heavy (non-hydrogen) atoms. The second-order valence-corrected chi connectivity index (χ2v) is 6.27. The van der Waals surface area contributed by atoms with Crippen LogP contribution in [0.15, 0.2) is 30.5 Å². The summed E-state index contributed by atoms with van der Waals surface area (Å²) < 4.78 is 5.90. The van der Waals surface area contributed by atoms with Crippen molar-refractivity contribution in [1.82, 2.24) is 9.97 Å². The van der Waals surface area contributed by atoms with Gasteiger partial charge in [-0.3, -0.25) is 4.79 Å². The standard InChI is InChI=1S/C18H20N2O3/c1-11-4-6-14(7-5-11)18(8-15(18)17(21)22)10-23-16-9-19-13(3)20-12(16)2/h4-7,9,15H,8,10H2,1-3H3,(H,21,22). The van der Waals surface area contributed by atoms with E-state index < -0.39 is 17.3 Å². The van der Waals surface area contributed by atoms with Gasteiger partial charge in [0, 0.05) is 5.41 Å². The van der Waals surface area contributed by atoms with Gasteiger partial charge in [-0.25, -0.2) is 9.97 Å². The van der Waals surface area contributed by atoms with Crippen LogP contribution in [0.25, 0.3) is 0 Å². The van der Waals surface area contributed by atoms with E-state index in [0.717, 1.165) is 16.8 Å².